The van der Waals surface area contributed by atoms with Gasteiger partial charge in [0.15, 0.2) is 0 Å². The van der Waals surface area contributed by atoms with E-state index in [1.165, 1.54) is 96.3 Å². The Morgan fingerprint density at radius 1 is 0.680 bits per heavy atom. The van der Waals surface area contributed by atoms with Gasteiger partial charge in [-0.3, -0.25) is 0 Å². The second-order valence-corrected chi connectivity index (χ2v) is 9.24. The van der Waals surface area contributed by atoms with Crippen LogP contribution in [-0.2, 0) is 0 Å². The minimum atomic E-state index is 0.911. The average molecular weight is 347 g/mol. The van der Waals surface area contributed by atoms with Crippen molar-refractivity contribution in [3.8, 4) is 0 Å². The lowest BCUT2D eigenvalue weighted by Gasteiger charge is -2.30. The fourth-order valence-corrected chi connectivity index (χ4v) is 5.43. The molecule has 0 N–H and O–H groups in total. The van der Waals surface area contributed by atoms with Crippen LogP contribution in [0.25, 0.3) is 0 Å². The fraction of sp³-hybridized carbons (Fsp3) is 0.920. The quantitative estimate of drug-likeness (QED) is 0.259. The monoisotopic (exact) mass is 346 g/mol. The van der Waals surface area contributed by atoms with Crippen LogP contribution in [0, 0.1) is 23.7 Å². The van der Waals surface area contributed by atoms with Gasteiger partial charge in [0.1, 0.15) is 0 Å². The van der Waals surface area contributed by atoms with Crippen LogP contribution in [-0.4, -0.2) is 0 Å². The third-order valence-electron chi connectivity index (χ3n) is 7.18. The molecule has 2 aliphatic rings. The Morgan fingerprint density at radius 3 is 2.00 bits per heavy atom. The van der Waals surface area contributed by atoms with Crippen LogP contribution in [0.5, 0.6) is 0 Å². The van der Waals surface area contributed by atoms with Gasteiger partial charge in [0, 0.05) is 0 Å². The van der Waals surface area contributed by atoms with Crippen LogP contribution in [0.1, 0.15) is 123 Å². The molecular formula is C25H46. The summed E-state index contributed by atoms with van der Waals surface area (Å²) in [6.45, 7) is 4.63. The molecule has 2 fully saturated rings. The normalized spacial score (nSPS) is 30.8. The van der Waals surface area contributed by atoms with Crippen molar-refractivity contribution in [2.75, 3.05) is 0 Å². The first-order chi connectivity index (χ1) is 12.3. The molecule has 2 rings (SSSR count). The van der Waals surface area contributed by atoms with Crippen LogP contribution >= 0.6 is 0 Å². The van der Waals surface area contributed by atoms with Crippen LogP contribution in [0.4, 0.5) is 0 Å². The second-order valence-electron chi connectivity index (χ2n) is 9.24. The molecule has 0 heterocycles. The molecule has 0 aliphatic heterocycles. The summed E-state index contributed by atoms with van der Waals surface area (Å²) >= 11 is 0. The van der Waals surface area contributed by atoms with E-state index >= 15 is 0 Å². The third-order valence-corrected chi connectivity index (χ3v) is 7.18. The lowest BCUT2D eigenvalue weighted by molar-refractivity contribution is 0.234. The van der Waals surface area contributed by atoms with Gasteiger partial charge in [0.05, 0.1) is 0 Å². The van der Waals surface area contributed by atoms with Crippen molar-refractivity contribution in [1.29, 1.82) is 0 Å². The van der Waals surface area contributed by atoms with Crippen LogP contribution < -0.4 is 0 Å². The van der Waals surface area contributed by atoms with Gasteiger partial charge >= 0.3 is 0 Å². The summed E-state index contributed by atoms with van der Waals surface area (Å²) in [4.78, 5) is 0. The van der Waals surface area contributed by atoms with E-state index in [-0.39, 0.29) is 0 Å². The molecule has 0 radical (unpaired) electrons. The Bertz CT molecular complexity index is 334. The zero-order valence-electron chi connectivity index (χ0n) is 17.5. The van der Waals surface area contributed by atoms with Crippen molar-refractivity contribution in [2.45, 2.75) is 123 Å². The SMILES string of the molecule is CCCC=CC1CCCCC1CCCC[C@H]1CC[C@H](CCCC)CC1. The first-order valence-electron chi connectivity index (χ1n) is 12.0. The number of allylic oxidation sites excluding steroid dienone is 2. The summed E-state index contributed by atoms with van der Waals surface area (Å²) in [6, 6.07) is 0. The lowest BCUT2D eigenvalue weighted by atomic mass is 9.75. The van der Waals surface area contributed by atoms with Crippen molar-refractivity contribution >= 4 is 0 Å². The molecule has 2 aliphatic carbocycles. The highest BCUT2D eigenvalue weighted by Gasteiger charge is 2.23. The van der Waals surface area contributed by atoms with E-state index < -0.39 is 0 Å². The van der Waals surface area contributed by atoms with E-state index in [1.807, 2.05) is 0 Å². The highest BCUT2D eigenvalue weighted by Crippen LogP contribution is 2.37. The molecule has 0 aromatic rings. The van der Waals surface area contributed by atoms with Gasteiger partial charge in [-0.2, -0.15) is 0 Å². The Balaban J connectivity index is 1.57. The molecule has 2 saturated carbocycles. The van der Waals surface area contributed by atoms with Gasteiger partial charge in [0.2, 0.25) is 0 Å². The maximum atomic E-state index is 2.59. The molecule has 2 atom stereocenters. The minimum absolute atomic E-state index is 0.911. The summed E-state index contributed by atoms with van der Waals surface area (Å²) < 4.78 is 0. The molecule has 0 aromatic carbocycles. The Kier molecular flexibility index (Phi) is 10.9. The van der Waals surface area contributed by atoms with Gasteiger partial charge in [-0.05, 0) is 49.4 Å². The van der Waals surface area contributed by atoms with E-state index in [0.717, 1.165) is 23.7 Å². The predicted octanol–water partition coefficient (Wildman–Crippen LogP) is 8.71. The maximum Gasteiger partial charge on any atom is -0.0205 e. The first-order valence-corrected chi connectivity index (χ1v) is 12.0. The first kappa shape index (κ1) is 21.0. The van der Waals surface area contributed by atoms with E-state index in [0.29, 0.717) is 0 Å². The topological polar surface area (TPSA) is 0 Å². The molecule has 2 unspecified atom stereocenters. The van der Waals surface area contributed by atoms with Crippen LogP contribution in [0.15, 0.2) is 12.2 Å². The average Bonchev–Trinajstić information content (AvgIpc) is 2.66. The van der Waals surface area contributed by atoms with Gasteiger partial charge in [0.25, 0.3) is 0 Å². The Morgan fingerprint density at radius 2 is 1.32 bits per heavy atom. The minimum Gasteiger partial charge on any atom is -0.0883 e. The van der Waals surface area contributed by atoms with E-state index in [1.54, 1.807) is 12.8 Å². The van der Waals surface area contributed by atoms with Gasteiger partial charge in [-0.15, -0.1) is 0 Å². The van der Waals surface area contributed by atoms with E-state index in [2.05, 4.69) is 26.0 Å². The van der Waals surface area contributed by atoms with Crippen molar-refractivity contribution < 1.29 is 0 Å². The smallest absolute Gasteiger partial charge is 0.0205 e. The number of rotatable bonds is 11. The Labute approximate surface area is 159 Å². The molecule has 0 heteroatoms. The summed E-state index contributed by atoms with van der Waals surface area (Å²) in [7, 11) is 0. The second kappa shape index (κ2) is 13.0. The van der Waals surface area contributed by atoms with Crippen molar-refractivity contribution in [2.24, 2.45) is 23.7 Å². The van der Waals surface area contributed by atoms with Crippen LogP contribution in [0.2, 0.25) is 0 Å². The predicted molar refractivity (Wildman–Crippen MR) is 113 cm³/mol. The number of hydrogen-bond acceptors (Lipinski definition) is 0. The molecular weight excluding hydrogens is 300 g/mol. The maximum absolute atomic E-state index is 2.59. The molecule has 25 heavy (non-hydrogen) atoms. The van der Waals surface area contributed by atoms with Crippen LogP contribution in [0.3, 0.4) is 0 Å². The molecule has 0 amide bonds. The molecule has 0 nitrogen and oxygen atoms in total. The lowest BCUT2D eigenvalue weighted by Crippen LogP contribution is -2.18. The highest BCUT2D eigenvalue weighted by molar-refractivity contribution is 4.93. The third kappa shape index (κ3) is 8.31. The van der Waals surface area contributed by atoms with Crippen molar-refractivity contribution in [1.82, 2.24) is 0 Å². The zero-order chi connectivity index (χ0) is 17.7. The summed E-state index contributed by atoms with van der Waals surface area (Å²) in [6.07, 6.45) is 30.1. The highest BCUT2D eigenvalue weighted by atomic mass is 14.3. The van der Waals surface area contributed by atoms with Crippen molar-refractivity contribution in [3.63, 3.8) is 0 Å². The summed E-state index contributed by atoms with van der Waals surface area (Å²) in [5.74, 6) is 4.07. The van der Waals surface area contributed by atoms with Gasteiger partial charge < -0.3 is 0 Å². The molecule has 0 spiro atoms. The molecule has 0 saturated heterocycles. The van der Waals surface area contributed by atoms with Gasteiger partial charge in [-0.25, -0.2) is 0 Å². The van der Waals surface area contributed by atoms with Gasteiger partial charge in [-0.1, -0.05) is 109 Å². The zero-order valence-corrected chi connectivity index (χ0v) is 17.5. The van der Waals surface area contributed by atoms with E-state index in [9.17, 15) is 0 Å². The number of hydrogen-bond donors (Lipinski definition) is 0. The van der Waals surface area contributed by atoms with E-state index in [4.69, 9.17) is 0 Å². The molecule has 0 bridgehead atoms. The standard InChI is InChI=1S/C25H46/c1-3-5-7-14-24-16-10-11-17-25(24)15-9-8-13-23-20-18-22(19-21-23)12-6-4-2/h7,14,22-25H,3-6,8-13,15-21H2,1-2H3/t22-,23-,24?,25?. The summed E-state index contributed by atoms with van der Waals surface area (Å²) in [5, 5.41) is 0. The fourth-order valence-electron chi connectivity index (χ4n) is 5.43. The largest absolute Gasteiger partial charge is 0.0883 e. The molecule has 146 valence electrons. The Hall–Kier alpha value is -0.260. The summed E-state index contributed by atoms with van der Waals surface area (Å²) in [5.41, 5.74) is 0. The molecule has 0 aromatic heterocycles. The van der Waals surface area contributed by atoms with Crippen molar-refractivity contribution in [3.05, 3.63) is 12.2 Å². The number of unbranched alkanes of at least 4 members (excludes halogenated alkanes) is 3.